The van der Waals surface area contributed by atoms with Gasteiger partial charge in [0.15, 0.2) is 0 Å². The van der Waals surface area contributed by atoms with Crippen LogP contribution in [0.25, 0.3) is 0 Å². The molecule has 6 nitrogen and oxygen atoms in total. The third-order valence-electron chi connectivity index (χ3n) is 5.96. The molecule has 0 aliphatic carbocycles. The van der Waals surface area contributed by atoms with Crippen molar-refractivity contribution in [3.63, 3.8) is 0 Å². The maximum atomic E-state index is 14.5. The second-order valence-corrected chi connectivity index (χ2v) is 8.07. The number of hydrogen-bond acceptors (Lipinski definition) is 6. The third-order valence-corrected chi connectivity index (χ3v) is 5.96. The van der Waals surface area contributed by atoms with E-state index >= 15 is 0 Å². The van der Waals surface area contributed by atoms with Gasteiger partial charge in [0.25, 0.3) is 24.2 Å². The molecule has 33 heavy (non-hydrogen) atoms. The van der Waals surface area contributed by atoms with Crippen LogP contribution in [0.1, 0.15) is 27.7 Å². The van der Waals surface area contributed by atoms with Gasteiger partial charge in [-0.25, -0.2) is 8.78 Å². The van der Waals surface area contributed by atoms with E-state index in [1.54, 1.807) is 0 Å². The van der Waals surface area contributed by atoms with E-state index in [2.05, 4.69) is 0 Å². The summed E-state index contributed by atoms with van der Waals surface area (Å²) < 4.78 is 130. The third kappa shape index (κ3) is 5.25. The van der Waals surface area contributed by atoms with Gasteiger partial charge in [-0.3, -0.25) is 9.80 Å². The molecule has 0 saturated carbocycles. The molecule has 1 spiro atoms. The van der Waals surface area contributed by atoms with Gasteiger partial charge in [0.05, 0.1) is 31.8 Å². The fraction of sp³-hybridized carbons (Fsp3) is 1.00. The van der Waals surface area contributed by atoms with Crippen LogP contribution >= 0.6 is 0 Å². The zero-order chi connectivity index (χ0) is 25.3. The number of halogens is 8. The SMILES string of the molecule is CCN(CC)C1([C@H](F)C(F)(F)F)OCC2(CO1)COC([C@H](F)C(F)(F)F)(N(CC)CC)OC2. The van der Waals surface area contributed by atoms with Gasteiger partial charge < -0.3 is 18.9 Å². The molecule has 0 amide bonds. The van der Waals surface area contributed by atoms with Crippen molar-refractivity contribution in [2.75, 3.05) is 52.6 Å². The Morgan fingerprint density at radius 3 is 1.03 bits per heavy atom. The van der Waals surface area contributed by atoms with Gasteiger partial charge in [0, 0.05) is 26.2 Å². The molecule has 0 aromatic rings. The molecule has 0 unspecified atom stereocenters. The first-order chi connectivity index (χ1) is 15.2. The lowest BCUT2D eigenvalue weighted by Gasteiger charge is -2.55. The molecule has 0 aromatic carbocycles. The number of rotatable bonds is 8. The average Bonchev–Trinajstić information content (AvgIpc) is 2.76. The van der Waals surface area contributed by atoms with Gasteiger partial charge in [-0.15, -0.1) is 0 Å². The van der Waals surface area contributed by atoms with Crippen molar-refractivity contribution in [3.8, 4) is 0 Å². The van der Waals surface area contributed by atoms with E-state index in [1.165, 1.54) is 27.7 Å². The van der Waals surface area contributed by atoms with Crippen LogP contribution < -0.4 is 0 Å². The Labute approximate surface area is 187 Å². The molecule has 2 aliphatic heterocycles. The maximum Gasteiger partial charge on any atom is 0.426 e. The fourth-order valence-corrected chi connectivity index (χ4v) is 4.08. The summed E-state index contributed by atoms with van der Waals surface area (Å²) in [6.45, 7) is 3.55. The topological polar surface area (TPSA) is 43.4 Å². The Balaban J connectivity index is 2.27. The Morgan fingerprint density at radius 1 is 0.606 bits per heavy atom. The van der Waals surface area contributed by atoms with Crippen LogP contribution in [0.5, 0.6) is 0 Å². The van der Waals surface area contributed by atoms with E-state index in [1.807, 2.05) is 0 Å². The highest BCUT2D eigenvalue weighted by Crippen LogP contribution is 2.46. The van der Waals surface area contributed by atoms with Crippen LogP contribution in [0.2, 0.25) is 0 Å². The summed E-state index contributed by atoms with van der Waals surface area (Å²) in [6, 6.07) is 0. The summed E-state index contributed by atoms with van der Waals surface area (Å²) in [6.07, 6.45) is -17.6. The molecule has 2 saturated heterocycles. The van der Waals surface area contributed by atoms with Crippen LogP contribution in [0, 0.1) is 5.41 Å². The molecule has 2 fully saturated rings. The van der Waals surface area contributed by atoms with Crippen molar-refractivity contribution in [2.24, 2.45) is 5.41 Å². The van der Waals surface area contributed by atoms with Crippen LogP contribution in [0.3, 0.4) is 0 Å². The molecular weight excluding hydrogens is 472 g/mol. The molecule has 2 atom stereocenters. The van der Waals surface area contributed by atoms with Crippen molar-refractivity contribution in [2.45, 2.75) is 64.2 Å². The molecule has 0 bridgehead atoms. The van der Waals surface area contributed by atoms with Crippen LogP contribution in [-0.2, 0) is 18.9 Å². The van der Waals surface area contributed by atoms with E-state index in [9.17, 15) is 35.1 Å². The van der Waals surface area contributed by atoms with Gasteiger partial charge in [0.1, 0.15) is 0 Å². The molecule has 2 heterocycles. The first-order valence-corrected chi connectivity index (χ1v) is 10.7. The standard InChI is InChI=1S/C19H30F8N2O4/c1-5-28(6-2)18(13(20)16(22,23)24)30-9-15(10-31-18)11-32-19(33-12-15,29(7-3)8-4)14(21)17(25,26)27/h13-14H,5-12H2,1-4H3/t13-,14-,15?,18?,19?/m1/s1. The van der Waals surface area contributed by atoms with E-state index in [0.717, 1.165) is 9.80 Å². The molecule has 14 heteroatoms. The Hall–Kier alpha value is -0.800. The highest BCUT2D eigenvalue weighted by molar-refractivity contribution is 4.96. The van der Waals surface area contributed by atoms with Crippen molar-refractivity contribution in [3.05, 3.63) is 0 Å². The van der Waals surface area contributed by atoms with Crippen LogP contribution in [0.4, 0.5) is 35.1 Å². The lowest BCUT2D eigenvalue weighted by atomic mass is 9.89. The minimum atomic E-state index is -5.29. The Morgan fingerprint density at radius 2 is 0.848 bits per heavy atom. The zero-order valence-electron chi connectivity index (χ0n) is 18.9. The maximum absolute atomic E-state index is 14.5. The van der Waals surface area contributed by atoms with Gasteiger partial charge in [0.2, 0.25) is 0 Å². The van der Waals surface area contributed by atoms with Crippen LogP contribution in [0.15, 0.2) is 0 Å². The van der Waals surface area contributed by atoms with E-state index in [0.29, 0.717) is 0 Å². The average molecular weight is 502 g/mol. The summed E-state index contributed by atoms with van der Waals surface area (Å²) in [4.78, 5) is 2.04. The molecular formula is C19H30F8N2O4. The first kappa shape index (κ1) is 28.4. The zero-order valence-corrected chi connectivity index (χ0v) is 18.9. The van der Waals surface area contributed by atoms with Crippen molar-refractivity contribution in [1.82, 2.24) is 9.80 Å². The monoisotopic (exact) mass is 502 g/mol. The summed E-state index contributed by atoms with van der Waals surface area (Å²) in [5, 5.41) is 0. The highest BCUT2D eigenvalue weighted by Gasteiger charge is 2.66. The smallest absolute Gasteiger partial charge is 0.334 e. The van der Waals surface area contributed by atoms with E-state index in [-0.39, 0.29) is 26.2 Å². The van der Waals surface area contributed by atoms with Gasteiger partial charge in [-0.2, -0.15) is 26.3 Å². The normalized spacial score (nSPS) is 33.6. The lowest BCUT2D eigenvalue weighted by Crippen LogP contribution is -2.71. The molecule has 0 aromatic heterocycles. The molecule has 2 aliphatic rings. The summed E-state index contributed by atoms with van der Waals surface area (Å²) in [7, 11) is 0. The second kappa shape index (κ2) is 10.1. The largest absolute Gasteiger partial charge is 0.426 e. The van der Waals surface area contributed by atoms with Gasteiger partial charge >= 0.3 is 12.4 Å². The van der Waals surface area contributed by atoms with Crippen molar-refractivity contribution < 1.29 is 54.1 Å². The predicted molar refractivity (Wildman–Crippen MR) is 99.4 cm³/mol. The summed E-state index contributed by atoms with van der Waals surface area (Å²) >= 11 is 0. The van der Waals surface area contributed by atoms with Gasteiger partial charge in [-0.05, 0) is 0 Å². The molecule has 196 valence electrons. The van der Waals surface area contributed by atoms with E-state index < -0.39 is 68.4 Å². The Kier molecular flexibility index (Phi) is 8.66. The summed E-state index contributed by atoms with van der Waals surface area (Å²) in [5.74, 6) is -5.54. The lowest BCUT2D eigenvalue weighted by molar-refractivity contribution is -0.458. The van der Waals surface area contributed by atoms with Gasteiger partial charge in [-0.1, -0.05) is 27.7 Å². The minimum Gasteiger partial charge on any atom is -0.334 e. The molecule has 0 radical (unpaired) electrons. The summed E-state index contributed by atoms with van der Waals surface area (Å²) in [5.41, 5.74) is -1.36. The number of nitrogens with zero attached hydrogens (tertiary/aromatic N) is 2. The number of hydrogen-bond donors (Lipinski definition) is 0. The number of alkyl halides is 8. The van der Waals surface area contributed by atoms with Crippen LogP contribution in [-0.4, -0.2) is 98.9 Å². The highest BCUT2D eigenvalue weighted by atomic mass is 19.4. The fourth-order valence-electron chi connectivity index (χ4n) is 4.08. The number of ether oxygens (including phenoxy) is 4. The first-order valence-electron chi connectivity index (χ1n) is 10.7. The van der Waals surface area contributed by atoms with E-state index in [4.69, 9.17) is 18.9 Å². The molecule has 2 rings (SSSR count). The minimum absolute atomic E-state index is 0.0345. The molecule has 0 N–H and O–H groups in total. The van der Waals surface area contributed by atoms with Crippen molar-refractivity contribution in [1.29, 1.82) is 0 Å². The predicted octanol–water partition coefficient (Wildman–Crippen LogP) is 3.86. The quantitative estimate of drug-likeness (QED) is 0.470. The second-order valence-electron chi connectivity index (χ2n) is 8.07. The Bertz CT molecular complexity index is 567. The van der Waals surface area contributed by atoms with Crippen molar-refractivity contribution >= 4 is 0 Å².